The monoisotopic (exact) mass is 460 g/mol. The molecule has 0 radical (unpaired) electrons. The van der Waals surface area contributed by atoms with Gasteiger partial charge in [-0.2, -0.15) is 0 Å². The van der Waals surface area contributed by atoms with Gasteiger partial charge in [-0.05, 0) is 68.6 Å². The van der Waals surface area contributed by atoms with Gasteiger partial charge in [0.15, 0.2) is 0 Å². The van der Waals surface area contributed by atoms with E-state index in [1.807, 2.05) is 13.0 Å². The zero-order valence-electron chi connectivity index (χ0n) is 19.4. The predicted molar refractivity (Wildman–Crippen MR) is 133 cm³/mol. The van der Waals surface area contributed by atoms with Gasteiger partial charge in [-0.25, -0.2) is 4.39 Å². The van der Waals surface area contributed by atoms with Crippen LogP contribution in [0.1, 0.15) is 39.2 Å². The van der Waals surface area contributed by atoms with E-state index in [0.717, 1.165) is 37.4 Å². The number of rotatable bonds is 6. The summed E-state index contributed by atoms with van der Waals surface area (Å²) in [6, 6.07) is 20.0. The van der Waals surface area contributed by atoms with Crippen LogP contribution >= 0.6 is 0 Å². The highest BCUT2D eigenvalue weighted by atomic mass is 19.1. The minimum Gasteiger partial charge on any atom is -0.369 e. The molecule has 1 fully saturated rings. The third kappa shape index (κ3) is 5.61. The first-order chi connectivity index (χ1) is 16.4. The zero-order valence-corrected chi connectivity index (χ0v) is 19.4. The van der Waals surface area contributed by atoms with Crippen molar-refractivity contribution in [3.8, 4) is 0 Å². The SMILES string of the molecule is C[C@@H](NC(=O)c1ccc(NC(=O)c2ccccc2)cc1)c1cc(F)ccc1N1CCN(C)CC1. The second kappa shape index (κ2) is 10.5. The minimum absolute atomic E-state index is 0.214. The fourth-order valence-electron chi connectivity index (χ4n) is 4.06. The van der Waals surface area contributed by atoms with Crippen molar-refractivity contribution in [1.29, 1.82) is 0 Å². The number of halogens is 1. The summed E-state index contributed by atoms with van der Waals surface area (Å²) in [5.74, 6) is -0.802. The van der Waals surface area contributed by atoms with E-state index < -0.39 is 0 Å². The van der Waals surface area contributed by atoms with E-state index in [-0.39, 0.29) is 23.7 Å². The average Bonchev–Trinajstić information content (AvgIpc) is 2.85. The lowest BCUT2D eigenvalue weighted by atomic mass is 10.0. The molecule has 0 saturated carbocycles. The standard InChI is InChI=1S/C27H29FN4O2/c1-19(24-18-22(28)10-13-25(24)32-16-14-31(2)15-17-32)29-26(33)21-8-11-23(12-9-21)30-27(34)20-6-4-3-5-7-20/h3-13,18-19H,14-17H2,1-2H3,(H,29,33)(H,30,34)/t19-/m1/s1. The van der Waals surface area contributed by atoms with E-state index in [1.54, 1.807) is 54.6 Å². The molecule has 0 aromatic heterocycles. The second-order valence-corrected chi connectivity index (χ2v) is 8.59. The van der Waals surface area contributed by atoms with Crippen LogP contribution in [-0.4, -0.2) is 49.9 Å². The van der Waals surface area contributed by atoms with E-state index >= 15 is 0 Å². The summed E-state index contributed by atoms with van der Waals surface area (Å²) in [4.78, 5) is 29.7. The molecule has 2 N–H and O–H groups in total. The Morgan fingerprint density at radius 2 is 1.50 bits per heavy atom. The van der Waals surface area contributed by atoms with Crippen molar-refractivity contribution in [2.75, 3.05) is 43.4 Å². The maximum absolute atomic E-state index is 14.1. The van der Waals surface area contributed by atoms with Gasteiger partial charge < -0.3 is 20.4 Å². The molecule has 0 aliphatic carbocycles. The molecular formula is C27H29FN4O2. The number of piperazine rings is 1. The number of benzene rings is 3. The summed E-state index contributed by atoms with van der Waals surface area (Å²) >= 11 is 0. The number of hydrogen-bond acceptors (Lipinski definition) is 4. The van der Waals surface area contributed by atoms with Crippen LogP contribution in [-0.2, 0) is 0 Å². The largest absolute Gasteiger partial charge is 0.369 e. The van der Waals surface area contributed by atoms with Crippen molar-refractivity contribution < 1.29 is 14.0 Å². The number of hydrogen-bond donors (Lipinski definition) is 2. The molecule has 2 amide bonds. The summed E-state index contributed by atoms with van der Waals surface area (Å²) in [6.07, 6.45) is 0. The summed E-state index contributed by atoms with van der Waals surface area (Å²) in [7, 11) is 2.09. The lowest BCUT2D eigenvalue weighted by Gasteiger charge is -2.36. The topological polar surface area (TPSA) is 64.7 Å². The van der Waals surface area contributed by atoms with Crippen molar-refractivity contribution in [2.45, 2.75) is 13.0 Å². The molecule has 1 heterocycles. The molecule has 0 spiro atoms. The summed E-state index contributed by atoms with van der Waals surface area (Å²) in [5.41, 5.74) is 3.32. The number of amides is 2. The normalized spacial score (nSPS) is 15.0. The van der Waals surface area contributed by atoms with E-state index in [1.165, 1.54) is 12.1 Å². The minimum atomic E-state index is -0.379. The molecule has 7 heteroatoms. The molecule has 1 atom stereocenters. The molecule has 4 rings (SSSR count). The van der Waals surface area contributed by atoms with Crippen LogP contribution < -0.4 is 15.5 Å². The molecule has 3 aromatic carbocycles. The van der Waals surface area contributed by atoms with Crippen molar-refractivity contribution in [3.05, 3.63) is 95.3 Å². The number of carbonyl (C=O) groups excluding carboxylic acids is 2. The highest BCUT2D eigenvalue weighted by molar-refractivity contribution is 6.04. The van der Waals surface area contributed by atoms with Crippen LogP contribution in [0.2, 0.25) is 0 Å². The molecule has 1 saturated heterocycles. The highest BCUT2D eigenvalue weighted by Gasteiger charge is 2.21. The highest BCUT2D eigenvalue weighted by Crippen LogP contribution is 2.28. The van der Waals surface area contributed by atoms with Crippen molar-refractivity contribution in [3.63, 3.8) is 0 Å². The Balaban J connectivity index is 1.43. The Labute approximate surface area is 199 Å². The first kappa shape index (κ1) is 23.4. The van der Waals surface area contributed by atoms with Gasteiger partial charge in [0.05, 0.1) is 6.04 Å². The fourth-order valence-corrected chi connectivity index (χ4v) is 4.06. The van der Waals surface area contributed by atoms with Crippen LogP contribution in [0.5, 0.6) is 0 Å². The Kier molecular flexibility index (Phi) is 7.23. The van der Waals surface area contributed by atoms with Crippen molar-refractivity contribution >= 4 is 23.2 Å². The van der Waals surface area contributed by atoms with Crippen LogP contribution in [0.25, 0.3) is 0 Å². The molecule has 1 aliphatic rings. The Bertz CT molecular complexity index is 1140. The smallest absolute Gasteiger partial charge is 0.255 e. The predicted octanol–water partition coefficient (Wildman–Crippen LogP) is 4.32. The second-order valence-electron chi connectivity index (χ2n) is 8.59. The van der Waals surface area contributed by atoms with Crippen molar-refractivity contribution in [1.82, 2.24) is 10.2 Å². The van der Waals surface area contributed by atoms with Gasteiger partial charge in [0.1, 0.15) is 5.82 Å². The van der Waals surface area contributed by atoms with Gasteiger partial charge in [0, 0.05) is 54.2 Å². The molecule has 176 valence electrons. The Morgan fingerprint density at radius 3 is 2.18 bits per heavy atom. The zero-order chi connectivity index (χ0) is 24.1. The molecule has 1 aliphatic heterocycles. The first-order valence-corrected chi connectivity index (χ1v) is 11.4. The maximum Gasteiger partial charge on any atom is 0.255 e. The molecule has 0 unspecified atom stereocenters. The third-order valence-electron chi connectivity index (χ3n) is 6.09. The number of nitrogens with one attached hydrogen (secondary N) is 2. The van der Waals surface area contributed by atoms with E-state index in [0.29, 0.717) is 16.8 Å². The van der Waals surface area contributed by atoms with Gasteiger partial charge in [-0.3, -0.25) is 9.59 Å². The van der Waals surface area contributed by atoms with Gasteiger partial charge in [0.25, 0.3) is 11.8 Å². The number of likely N-dealkylation sites (N-methyl/N-ethyl adjacent to an activating group) is 1. The summed E-state index contributed by atoms with van der Waals surface area (Å²) in [5, 5.41) is 5.81. The molecule has 34 heavy (non-hydrogen) atoms. The van der Waals surface area contributed by atoms with E-state index in [4.69, 9.17) is 0 Å². The third-order valence-corrected chi connectivity index (χ3v) is 6.09. The van der Waals surface area contributed by atoms with Crippen LogP contribution in [0.3, 0.4) is 0 Å². The fraction of sp³-hybridized carbons (Fsp3) is 0.259. The summed E-state index contributed by atoms with van der Waals surface area (Å²) < 4.78 is 14.1. The number of nitrogens with zero attached hydrogens (tertiary/aromatic N) is 2. The lowest BCUT2D eigenvalue weighted by Crippen LogP contribution is -2.45. The Hall–Kier alpha value is -3.71. The number of carbonyl (C=O) groups is 2. The Morgan fingerprint density at radius 1 is 0.853 bits per heavy atom. The lowest BCUT2D eigenvalue weighted by molar-refractivity contribution is 0.0939. The number of anilines is 2. The van der Waals surface area contributed by atoms with Crippen LogP contribution in [0.15, 0.2) is 72.8 Å². The molecule has 0 bridgehead atoms. The first-order valence-electron chi connectivity index (χ1n) is 11.4. The van der Waals surface area contributed by atoms with Gasteiger partial charge in [0.2, 0.25) is 0 Å². The average molecular weight is 461 g/mol. The van der Waals surface area contributed by atoms with E-state index in [2.05, 4.69) is 27.5 Å². The van der Waals surface area contributed by atoms with Crippen LogP contribution in [0, 0.1) is 5.82 Å². The van der Waals surface area contributed by atoms with Gasteiger partial charge >= 0.3 is 0 Å². The quantitative estimate of drug-likeness (QED) is 0.575. The van der Waals surface area contributed by atoms with Crippen LogP contribution in [0.4, 0.5) is 15.8 Å². The maximum atomic E-state index is 14.1. The molecule has 3 aromatic rings. The summed E-state index contributed by atoms with van der Waals surface area (Å²) in [6.45, 7) is 5.44. The molecule has 6 nitrogen and oxygen atoms in total. The van der Waals surface area contributed by atoms with Crippen molar-refractivity contribution in [2.24, 2.45) is 0 Å². The van der Waals surface area contributed by atoms with E-state index in [9.17, 15) is 14.0 Å². The van der Waals surface area contributed by atoms with Gasteiger partial charge in [-0.1, -0.05) is 18.2 Å². The molecular weight excluding hydrogens is 431 g/mol. The van der Waals surface area contributed by atoms with Gasteiger partial charge in [-0.15, -0.1) is 0 Å².